The molecule has 2 aliphatic rings. The summed E-state index contributed by atoms with van der Waals surface area (Å²) in [5, 5.41) is 3.48. The summed E-state index contributed by atoms with van der Waals surface area (Å²) in [6.07, 6.45) is 2.60. The third-order valence-corrected chi connectivity index (χ3v) is 4.56. The molecule has 1 aromatic carbocycles. The molecule has 2 nitrogen and oxygen atoms in total. The Kier molecular flexibility index (Phi) is 3.68. The number of likely N-dealkylation sites (tertiary alicyclic amines) is 1. The number of piperidine rings is 1. The Morgan fingerprint density at radius 2 is 2.22 bits per heavy atom. The van der Waals surface area contributed by atoms with Crippen molar-refractivity contribution in [2.45, 2.75) is 25.4 Å². The van der Waals surface area contributed by atoms with Gasteiger partial charge in [0.1, 0.15) is 5.82 Å². The number of fused-ring (bicyclic) bond motifs is 1. The molecule has 0 aromatic heterocycles. The standard InChI is InChI=1S/C14H18BrFN2/c15-12-4-10(5-13(16)6-12)9-18-3-1-2-11-7-17-8-14(11)18/h4-6,11,14,17H,1-3,7-9H2. The SMILES string of the molecule is Fc1cc(Br)cc(CN2CCCC3CNCC32)c1. The van der Waals surface area contributed by atoms with E-state index >= 15 is 0 Å². The van der Waals surface area contributed by atoms with Gasteiger partial charge in [0.2, 0.25) is 0 Å². The van der Waals surface area contributed by atoms with Gasteiger partial charge in [-0.15, -0.1) is 0 Å². The van der Waals surface area contributed by atoms with Crippen molar-refractivity contribution in [2.24, 2.45) is 5.92 Å². The van der Waals surface area contributed by atoms with Gasteiger partial charge in [-0.1, -0.05) is 15.9 Å². The van der Waals surface area contributed by atoms with E-state index in [1.807, 2.05) is 6.07 Å². The highest BCUT2D eigenvalue weighted by atomic mass is 79.9. The summed E-state index contributed by atoms with van der Waals surface area (Å²) < 4.78 is 14.2. The maximum atomic E-state index is 13.4. The van der Waals surface area contributed by atoms with Crippen molar-refractivity contribution in [3.8, 4) is 0 Å². The first kappa shape index (κ1) is 12.6. The second kappa shape index (κ2) is 5.27. The van der Waals surface area contributed by atoms with Gasteiger partial charge in [-0.25, -0.2) is 4.39 Å². The number of nitrogens with one attached hydrogen (secondary N) is 1. The fourth-order valence-electron chi connectivity index (χ4n) is 3.30. The summed E-state index contributed by atoms with van der Waals surface area (Å²) in [4.78, 5) is 2.51. The van der Waals surface area contributed by atoms with Crippen LogP contribution in [0.1, 0.15) is 18.4 Å². The molecule has 2 atom stereocenters. The summed E-state index contributed by atoms with van der Waals surface area (Å²) in [6, 6.07) is 5.83. The minimum Gasteiger partial charge on any atom is -0.315 e. The number of nitrogens with zero attached hydrogens (tertiary/aromatic N) is 1. The lowest BCUT2D eigenvalue weighted by Crippen LogP contribution is -2.44. The molecule has 0 amide bonds. The lowest BCUT2D eigenvalue weighted by Gasteiger charge is -2.37. The number of hydrogen-bond acceptors (Lipinski definition) is 2. The average molecular weight is 313 g/mol. The molecular weight excluding hydrogens is 295 g/mol. The minimum absolute atomic E-state index is 0.155. The summed E-state index contributed by atoms with van der Waals surface area (Å²) in [5.74, 6) is 0.633. The van der Waals surface area contributed by atoms with E-state index in [2.05, 4.69) is 26.1 Å². The highest BCUT2D eigenvalue weighted by Crippen LogP contribution is 2.28. The molecule has 4 heteroatoms. The molecule has 0 radical (unpaired) electrons. The molecule has 3 rings (SSSR count). The van der Waals surface area contributed by atoms with Crippen LogP contribution in [0, 0.1) is 11.7 Å². The molecule has 0 saturated carbocycles. The number of hydrogen-bond donors (Lipinski definition) is 1. The van der Waals surface area contributed by atoms with E-state index in [0.29, 0.717) is 6.04 Å². The van der Waals surface area contributed by atoms with Gasteiger partial charge < -0.3 is 5.32 Å². The molecule has 2 heterocycles. The van der Waals surface area contributed by atoms with Crippen LogP contribution in [-0.2, 0) is 6.54 Å². The maximum absolute atomic E-state index is 13.4. The largest absolute Gasteiger partial charge is 0.315 e. The van der Waals surface area contributed by atoms with Gasteiger partial charge in [-0.05, 0) is 55.6 Å². The molecule has 2 saturated heterocycles. The van der Waals surface area contributed by atoms with Crippen LogP contribution in [0.2, 0.25) is 0 Å². The van der Waals surface area contributed by atoms with E-state index in [0.717, 1.165) is 42.1 Å². The van der Waals surface area contributed by atoms with E-state index in [1.54, 1.807) is 6.07 Å². The average Bonchev–Trinajstić information content (AvgIpc) is 2.76. The molecule has 0 aliphatic carbocycles. The predicted molar refractivity (Wildman–Crippen MR) is 73.9 cm³/mol. The maximum Gasteiger partial charge on any atom is 0.124 e. The lowest BCUT2D eigenvalue weighted by molar-refractivity contribution is 0.117. The van der Waals surface area contributed by atoms with Crippen molar-refractivity contribution in [3.05, 3.63) is 34.1 Å². The number of rotatable bonds is 2. The summed E-state index contributed by atoms with van der Waals surface area (Å²) >= 11 is 3.36. The highest BCUT2D eigenvalue weighted by Gasteiger charge is 2.34. The van der Waals surface area contributed by atoms with Gasteiger partial charge in [-0.3, -0.25) is 4.90 Å². The second-order valence-electron chi connectivity index (χ2n) is 5.38. The monoisotopic (exact) mass is 312 g/mol. The lowest BCUT2D eigenvalue weighted by atomic mass is 9.91. The molecule has 2 unspecified atom stereocenters. The van der Waals surface area contributed by atoms with E-state index in [-0.39, 0.29) is 5.82 Å². The van der Waals surface area contributed by atoms with Crippen molar-refractivity contribution < 1.29 is 4.39 Å². The van der Waals surface area contributed by atoms with Crippen molar-refractivity contribution in [1.82, 2.24) is 10.2 Å². The van der Waals surface area contributed by atoms with E-state index in [1.165, 1.54) is 18.9 Å². The highest BCUT2D eigenvalue weighted by molar-refractivity contribution is 9.10. The Bertz CT molecular complexity index is 418. The molecular formula is C14H18BrFN2. The van der Waals surface area contributed by atoms with E-state index in [4.69, 9.17) is 0 Å². The van der Waals surface area contributed by atoms with Gasteiger partial charge in [0.05, 0.1) is 0 Å². The van der Waals surface area contributed by atoms with Gasteiger partial charge in [0.25, 0.3) is 0 Å². The predicted octanol–water partition coefficient (Wildman–Crippen LogP) is 2.77. The molecule has 2 fully saturated rings. The van der Waals surface area contributed by atoms with Crippen molar-refractivity contribution >= 4 is 15.9 Å². The van der Waals surface area contributed by atoms with Crippen LogP contribution in [0.15, 0.2) is 22.7 Å². The van der Waals surface area contributed by atoms with Crippen LogP contribution < -0.4 is 5.32 Å². The zero-order valence-corrected chi connectivity index (χ0v) is 11.9. The third-order valence-electron chi connectivity index (χ3n) is 4.10. The fourth-order valence-corrected chi connectivity index (χ4v) is 3.81. The van der Waals surface area contributed by atoms with Gasteiger partial charge in [-0.2, -0.15) is 0 Å². The van der Waals surface area contributed by atoms with Crippen LogP contribution in [-0.4, -0.2) is 30.6 Å². The Balaban J connectivity index is 1.74. The first-order valence-corrected chi connectivity index (χ1v) is 7.41. The van der Waals surface area contributed by atoms with Gasteiger partial charge in [0.15, 0.2) is 0 Å². The molecule has 0 spiro atoms. The van der Waals surface area contributed by atoms with Gasteiger partial charge >= 0.3 is 0 Å². The molecule has 98 valence electrons. The van der Waals surface area contributed by atoms with Crippen LogP contribution in [0.4, 0.5) is 4.39 Å². The fraction of sp³-hybridized carbons (Fsp3) is 0.571. The Hall–Kier alpha value is -0.450. The smallest absolute Gasteiger partial charge is 0.124 e. The quantitative estimate of drug-likeness (QED) is 0.903. The zero-order valence-electron chi connectivity index (χ0n) is 10.3. The van der Waals surface area contributed by atoms with E-state index < -0.39 is 0 Å². The molecule has 18 heavy (non-hydrogen) atoms. The molecule has 2 aliphatic heterocycles. The first-order valence-electron chi connectivity index (χ1n) is 6.62. The Labute approximate surface area is 116 Å². The molecule has 1 N–H and O–H groups in total. The third kappa shape index (κ3) is 2.60. The molecule has 1 aromatic rings. The van der Waals surface area contributed by atoms with Crippen molar-refractivity contribution in [1.29, 1.82) is 0 Å². The van der Waals surface area contributed by atoms with E-state index in [9.17, 15) is 4.39 Å². The second-order valence-corrected chi connectivity index (χ2v) is 6.29. The van der Waals surface area contributed by atoms with Gasteiger partial charge in [0, 0.05) is 23.6 Å². The van der Waals surface area contributed by atoms with Crippen LogP contribution in [0.5, 0.6) is 0 Å². The van der Waals surface area contributed by atoms with Crippen molar-refractivity contribution in [2.75, 3.05) is 19.6 Å². The summed E-state index contributed by atoms with van der Waals surface area (Å²) in [5.41, 5.74) is 1.06. The van der Waals surface area contributed by atoms with Crippen LogP contribution in [0.3, 0.4) is 0 Å². The first-order chi connectivity index (χ1) is 8.72. The Morgan fingerprint density at radius 1 is 1.33 bits per heavy atom. The number of benzene rings is 1. The number of halogens is 2. The minimum atomic E-state index is -0.155. The zero-order chi connectivity index (χ0) is 12.5. The summed E-state index contributed by atoms with van der Waals surface area (Å²) in [6.45, 7) is 4.23. The van der Waals surface area contributed by atoms with Crippen LogP contribution in [0.25, 0.3) is 0 Å². The normalized spacial score (nSPS) is 28.3. The summed E-state index contributed by atoms with van der Waals surface area (Å²) in [7, 11) is 0. The van der Waals surface area contributed by atoms with Crippen molar-refractivity contribution in [3.63, 3.8) is 0 Å². The topological polar surface area (TPSA) is 15.3 Å². The molecule has 0 bridgehead atoms. The Morgan fingerprint density at radius 3 is 3.06 bits per heavy atom. The van der Waals surface area contributed by atoms with Crippen LogP contribution >= 0.6 is 15.9 Å².